The van der Waals surface area contributed by atoms with Gasteiger partial charge in [-0.1, -0.05) is 19.9 Å². The highest BCUT2D eigenvalue weighted by Gasteiger charge is 2.39. The number of fused-ring (bicyclic) bond motifs is 1. The molecule has 2 aliphatic heterocycles. The van der Waals surface area contributed by atoms with Gasteiger partial charge in [0.25, 0.3) is 0 Å². The molecule has 0 aromatic carbocycles. The number of thiophene rings is 1. The molecule has 1 aromatic rings. The Labute approximate surface area is 212 Å². The van der Waals surface area contributed by atoms with Crippen LogP contribution in [0.5, 0.6) is 0 Å². The van der Waals surface area contributed by atoms with Gasteiger partial charge in [-0.25, -0.2) is 9.59 Å². The number of esters is 1. The summed E-state index contributed by atoms with van der Waals surface area (Å²) in [4.78, 5) is 27.6. The molecule has 11 heteroatoms. The third-order valence-corrected chi connectivity index (χ3v) is 8.42. The van der Waals surface area contributed by atoms with E-state index in [1.54, 1.807) is 6.92 Å². The van der Waals surface area contributed by atoms with E-state index in [9.17, 15) is 22.8 Å². The summed E-state index contributed by atoms with van der Waals surface area (Å²) < 4.78 is 46.5. The van der Waals surface area contributed by atoms with Crippen molar-refractivity contribution in [1.29, 1.82) is 0 Å². The van der Waals surface area contributed by atoms with Gasteiger partial charge in [0.1, 0.15) is 4.88 Å². The van der Waals surface area contributed by atoms with Crippen molar-refractivity contribution in [3.05, 3.63) is 43.6 Å². The number of nitrogens with one attached hydrogen (secondary N) is 2. The number of likely N-dealkylation sites (N-methyl/N-ethyl adjacent to an activating group) is 1. The average molecular weight is 532 g/mol. The van der Waals surface area contributed by atoms with Crippen molar-refractivity contribution in [1.82, 2.24) is 15.5 Å². The average Bonchev–Trinajstić information content (AvgIpc) is 3.21. The first-order valence-corrected chi connectivity index (χ1v) is 13.7. The normalized spacial score (nSPS) is 17.8. The van der Waals surface area contributed by atoms with Crippen LogP contribution in [0.4, 0.5) is 18.0 Å². The lowest BCUT2D eigenvalue weighted by Gasteiger charge is -2.25. The molecule has 0 radical (unpaired) electrons. The molecule has 0 bridgehead atoms. The molecule has 2 amide bonds. The zero-order valence-corrected chi connectivity index (χ0v) is 21.7. The maximum atomic E-state index is 13.8. The summed E-state index contributed by atoms with van der Waals surface area (Å²) in [6, 6.07) is -0.666. The minimum Gasteiger partial charge on any atom is -0.462 e. The van der Waals surface area contributed by atoms with Crippen molar-refractivity contribution >= 4 is 35.1 Å². The largest absolute Gasteiger partial charge is 0.462 e. The van der Waals surface area contributed by atoms with Crippen LogP contribution in [0.3, 0.4) is 0 Å². The number of hydrogen-bond acceptors (Lipinski definition) is 6. The van der Waals surface area contributed by atoms with E-state index in [0.29, 0.717) is 52.7 Å². The Hall–Kier alpha value is -1.98. The van der Waals surface area contributed by atoms with Crippen molar-refractivity contribution in [2.45, 2.75) is 65.2 Å². The lowest BCUT2D eigenvalue weighted by Crippen LogP contribution is -2.36. The maximum absolute atomic E-state index is 13.8. The van der Waals surface area contributed by atoms with Crippen LogP contribution in [0.1, 0.15) is 60.4 Å². The van der Waals surface area contributed by atoms with Gasteiger partial charge >= 0.3 is 18.2 Å². The standard InChI is InChI=1S/C24H32F3N3O3S2/c1-4-30-11-10-16-17(20(24(25,26)27)35-18(16)14-30)13-28-23(32)29-21-19(22(31)33-5-2)15(3)9-7-6-8-12-34-21/h3-14H2,1-2H3,(H2,28,29,32). The van der Waals surface area contributed by atoms with E-state index < -0.39 is 23.1 Å². The molecule has 6 nitrogen and oxygen atoms in total. The van der Waals surface area contributed by atoms with E-state index >= 15 is 0 Å². The number of hydrogen-bond donors (Lipinski definition) is 2. The van der Waals surface area contributed by atoms with Crippen LogP contribution in [-0.4, -0.2) is 42.3 Å². The number of thioether (sulfide) groups is 1. The van der Waals surface area contributed by atoms with Crippen LogP contribution in [0, 0.1) is 0 Å². The number of nitrogens with zero attached hydrogens (tertiary/aromatic N) is 1. The molecule has 0 unspecified atom stereocenters. The molecule has 0 atom stereocenters. The first kappa shape index (κ1) is 27.6. The minimum absolute atomic E-state index is 0.134. The molecule has 2 aliphatic rings. The van der Waals surface area contributed by atoms with Crippen LogP contribution >= 0.6 is 23.1 Å². The van der Waals surface area contributed by atoms with Crippen molar-refractivity contribution in [3.8, 4) is 0 Å². The van der Waals surface area contributed by atoms with Gasteiger partial charge in [-0.3, -0.25) is 4.90 Å². The monoisotopic (exact) mass is 531 g/mol. The zero-order valence-electron chi connectivity index (χ0n) is 20.1. The number of halogens is 3. The van der Waals surface area contributed by atoms with Gasteiger partial charge in [-0.2, -0.15) is 13.2 Å². The topological polar surface area (TPSA) is 70.7 Å². The van der Waals surface area contributed by atoms with E-state index in [-0.39, 0.29) is 24.3 Å². The van der Waals surface area contributed by atoms with Gasteiger partial charge in [0.05, 0.1) is 17.2 Å². The predicted molar refractivity (Wildman–Crippen MR) is 133 cm³/mol. The molecular formula is C24H32F3N3O3S2. The molecule has 0 saturated carbocycles. The Kier molecular flexibility index (Phi) is 9.71. The van der Waals surface area contributed by atoms with Crippen LogP contribution in [0.25, 0.3) is 0 Å². The number of rotatable bonds is 6. The van der Waals surface area contributed by atoms with Gasteiger partial charge in [-0.05, 0) is 61.6 Å². The lowest BCUT2D eigenvalue weighted by molar-refractivity contribution is -0.138. The summed E-state index contributed by atoms with van der Waals surface area (Å²) in [6.07, 6.45) is -0.612. The highest BCUT2D eigenvalue weighted by Crippen LogP contribution is 2.42. The van der Waals surface area contributed by atoms with E-state index in [0.717, 1.165) is 37.1 Å². The summed E-state index contributed by atoms with van der Waals surface area (Å²) in [5.41, 5.74) is 1.64. The Bertz CT molecular complexity index is 989. The second-order valence-electron chi connectivity index (χ2n) is 8.42. The summed E-state index contributed by atoms with van der Waals surface area (Å²) >= 11 is 2.09. The van der Waals surface area contributed by atoms with Crippen molar-refractivity contribution in [3.63, 3.8) is 0 Å². The van der Waals surface area contributed by atoms with Crippen LogP contribution in [-0.2, 0) is 35.2 Å². The number of urea groups is 1. The number of carbonyl (C=O) groups is 2. The first-order chi connectivity index (χ1) is 16.7. The molecule has 194 valence electrons. The second kappa shape index (κ2) is 12.3. The zero-order chi connectivity index (χ0) is 25.6. The molecule has 0 aliphatic carbocycles. The molecule has 0 saturated heterocycles. The maximum Gasteiger partial charge on any atom is 0.425 e. The number of amides is 2. The van der Waals surface area contributed by atoms with E-state index in [1.807, 2.05) is 6.92 Å². The highest BCUT2D eigenvalue weighted by atomic mass is 32.2. The van der Waals surface area contributed by atoms with Gasteiger partial charge in [0.15, 0.2) is 0 Å². The lowest BCUT2D eigenvalue weighted by atomic mass is 10.0. The van der Waals surface area contributed by atoms with Gasteiger partial charge < -0.3 is 15.4 Å². The van der Waals surface area contributed by atoms with Gasteiger partial charge in [0, 0.05) is 24.5 Å². The summed E-state index contributed by atoms with van der Waals surface area (Å²) in [5.74, 6) is 0.129. The first-order valence-electron chi connectivity index (χ1n) is 11.9. The molecule has 3 heterocycles. The van der Waals surface area contributed by atoms with Crippen LogP contribution in [0.2, 0.25) is 0 Å². The van der Waals surface area contributed by atoms with Crippen molar-refractivity contribution in [2.75, 3.05) is 25.4 Å². The SMILES string of the molecule is C=C1CCCCCSC(NC(=O)NCc2c(C(F)(F)F)sc3c2CCN(CC)C3)=C1C(=O)OCC. The third kappa shape index (κ3) is 7.04. The van der Waals surface area contributed by atoms with Gasteiger partial charge in [0.2, 0.25) is 0 Å². The Morgan fingerprint density at radius 2 is 1.94 bits per heavy atom. The van der Waals surface area contributed by atoms with Crippen LogP contribution in [0.15, 0.2) is 22.8 Å². The molecule has 1 aromatic heterocycles. The highest BCUT2D eigenvalue weighted by molar-refractivity contribution is 8.03. The third-order valence-electron chi connectivity index (χ3n) is 6.03. The molecule has 0 fully saturated rings. The number of ether oxygens (including phenoxy) is 1. The van der Waals surface area contributed by atoms with Crippen LogP contribution < -0.4 is 10.6 Å². The fourth-order valence-corrected chi connectivity index (χ4v) is 6.58. The fraction of sp³-hybridized carbons (Fsp3) is 0.583. The molecule has 35 heavy (non-hydrogen) atoms. The number of carbonyl (C=O) groups excluding carboxylic acids is 2. The van der Waals surface area contributed by atoms with E-state index in [1.165, 1.54) is 11.8 Å². The van der Waals surface area contributed by atoms with Crippen molar-refractivity contribution in [2.24, 2.45) is 0 Å². The molecule has 0 spiro atoms. The molecule has 2 N–H and O–H groups in total. The summed E-state index contributed by atoms with van der Waals surface area (Å²) in [5, 5.41) is 5.62. The van der Waals surface area contributed by atoms with Crippen molar-refractivity contribution < 1.29 is 27.5 Å². The summed E-state index contributed by atoms with van der Waals surface area (Å²) in [6.45, 7) is 9.58. The summed E-state index contributed by atoms with van der Waals surface area (Å²) in [7, 11) is 0. The predicted octanol–water partition coefficient (Wildman–Crippen LogP) is 5.58. The second-order valence-corrected chi connectivity index (χ2v) is 10.6. The smallest absolute Gasteiger partial charge is 0.425 e. The van der Waals surface area contributed by atoms with E-state index in [2.05, 4.69) is 22.1 Å². The number of alkyl halides is 3. The molecular weight excluding hydrogens is 499 g/mol. The molecule has 3 rings (SSSR count). The Morgan fingerprint density at radius 3 is 2.63 bits per heavy atom. The minimum atomic E-state index is -4.49. The Morgan fingerprint density at radius 1 is 1.17 bits per heavy atom. The quantitative estimate of drug-likeness (QED) is 0.469. The van der Waals surface area contributed by atoms with Gasteiger partial charge in [-0.15, -0.1) is 23.1 Å². The van der Waals surface area contributed by atoms with E-state index in [4.69, 9.17) is 4.74 Å². The fourth-order valence-electron chi connectivity index (χ4n) is 4.21. The Balaban J connectivity index is 1.81.